The number of carbonyl (C=O) groups is 1. The zero-order chi connectivity index (χ0) is 25.3. The minimum absolute atomic E-state index is 0. The Hall–Kier alpha value is -2.22. The van der Waals surface area contributed by atoms with Crippen molar-refractivity contribution >= 4 is 18.8 Å². The van der Waals surface area contributed by atoms with Gasteiger partial charge >= 0.3 is 64.5 Å². The Kier molecular flexibility index (Phi) is 8.77. The first kappa shape index (κ1) is 27.8. The van der Waals surface area contributed by atoms with E-state index in [0.29, 0.717) is 37.4 Å². The summed E-state index contributed by atoms with van der Waals surface area (Å²) in [4.78, 5) is 16.5. The third-order valence-electron chi connectivity index (χ3n) is 6.85. The van der Waals surface area contributed by atoms with E-state index in [2.05, 4.69) is 30.2 Å². The Bertz CT molecular complexity index is 1290. The summed E-state index contributed by atoms with van der Waals surface area (Å²) >= 11 is 0. The van der Waals surface area contributed by atoms with Gasteiger partial charge in [-0.05, 0) is 40.5 Å². The topological polar surface area (TPSA) is 32.8 Å². The molecule has 2 aliphatic rings. The van der Waals surface area contributed by atoms with Crippen LogP contribution in [0.2, 0.25) is 0 Å². The van der Waals surface area contributed by atoms with E-state index in [0.717, 1.165) is 11.1 Å². The number of hydrogen-bond acceptors (Lipinski definition) is 3. The van der Waals surface area contributed by atoms with E-state index in [4.69, 9.17) is 11.2 Å². The summed E-state index contributed by atoms with van der Waals surface area (Å²) in [5.74, 6) is 2.43. The molecule has 0 unspecified atom stereocenters. The number of amides is 1. The van der Waals surface area contributed by atoms with Gasteiger partial charge in [0.05, 0.1) is 0 Å². The van der Waals surface area contributed by atoms with Crippen LogP contribution in [0.15, 0.2) is 66.7 Å². The minimum atomic E-state index is -4.96. The van der Waals surface area contributed by atoms with Crippen molar-refractivity contribution in [3.05, 3.63) is 89.0 Å². The Morgan fingerprint density at radius 2 is 1.54 bits per heavy atom. The van der Waals surface area contributed by atoms with Crippen molar-refractivity contribution in [2.75, 3.05) is 37.7 Å². The van der Waals surface area contributed by atoms with Gasteiger partial charge in [-0.1, -0.05) is 66.3 Å². The molecule has 37 heavy (non-hydrogen) atoms. The van der Waals surface area contributed by atoms with E-state index >= 15 is 0 Å². The molecule has 0 spiro atoms. The number of fused-ring (bicyclic) bond motifs is 3. The molecule has 1 heterocycles. The third kappa shape index (κ3) is 6.27. The molecule has 1 saturated heterocycles. The molecule has 1 aliphatic heterocycles. The molecule has 184 valence electrons. The van der Waals surface area contributed by atoms with Crippen LogP contribution in [0.5, 0.6) is 0 Å². The van der Waals surface area contributed by atoms with Gasteiger partial charge in [-0.3, -0.25) is 0 Å². The third-order valence-corrected chi connectivity index (χ3v) is 6.85. The van der Waals surface area contributed by atoms with Gasteiger partial charge in [0, 0.05) is 43.3 Å². The number of nitrogens with zero attached hydrogens (tertiary/aromatic N) is 2. The number of carbonyl (C=O) groups excluding carboxylic acids is 1. The van der Waals surface area contributed by atoms with Crippen LogP contribution < -0.4 is 56.3 Å². The fourth-order valence-corrected chi connectivity index (χ4v) is 5.16. The normalized spacial score (nSPS) is 14.9. The van der Waals surface area contributed by atoms with Crippen LogP contribution in [0.4, 0.5) is 23.4 Å². The molecular weight excluding hydrogens is 503 g/mol. The molecule has 0 aromatic heterocycles. The van der Waals surface area contributed by atoms with Crippen molar-refractivity contribution in [3.63, 3.8) is 0 Å². The van der Waals surface area contributed by atoms with Crippen LogP contribution in [0, 0.1) is 12.3 Å². The monoisotopic (exact) mass is 528 g/mol. The van der Waals surface area contributed by atoms with E-state index < -0.39 is 13.3 Å². The summed E-state index contributed by atoms with van der Waals surface area (Å²) in [6.45, 7) is -2.92. The van der Waals surface area contributed by atoms with Crippen LogP contribution in [0.3, 0.4) is 0 Å². The fraction of sp³-hybridized carbons (Fsp3) is 0.250. The SMILES string of the molecule is C#Cc1cc(C[B-](F)(F)F)cc(N2CCN(C(=O)OCC3c4ccccc4-c4ccccc43)CC2)c1.[K+]. The maximum absolute atomic E-state index is 13.0. The Morgan fingerprint density at radius 1 is 0.946 bits per heavy atom. The zero-order valence-corrected chi connectivity index (χ0v) is 23.8. The molecule has 4 nitrogen and oxygen atoms in total. The predicted molar refractivity (Wildman–Crippen MR) is 136 cm³/mol. The van der Waals surface area contributed by atoms with Crippen LogP contribution >= 0.6 is 0 Å². The second-order valence-corrected chi connectivity index (χ2v) is 9.23. The number of benzene rings is 3. The number of ether oxygens (including phenoxy) is 1. The van der Waals surface area contributed by atoms with E-state index in [1.54, 1.807) is 17.0 Å². The molecule has 3 aromatic carbocycles. The van der Waals surface area contributed by atoms with Crippen LogP contribution in [0.1, 0.15) is 28.2 Å². The predicted octanol–water partition coefficient (Wildman–Crippen LogP) is 2.67. The van der Waals surface area contributed by atoms with Gasteiger partial charge < -0.3 is 27.5 Å². The summed E-state index contributed by atoms with van der Waals surface area (Å²) in [7, 11) is 0. The standard InChI is InChI=1S/C28H25BF3N2O2.K/c1-2-20-15-21(18-29(30,31)32)17-22(16-20)33-11-13-34(14-12-33)28(35)36-19-27-25-9-5-3-7-23(25)24-8-4-6-10-26(24)27;/h1,3-10,15-17,27H,11-14,18-19H2;/q-1;+1. The fourth-order valence-electron chi connectivity index (χ4n) is 5.16. The van der Waals surface area contributed by atoms with E-state index in [1.807, 2.05) is 29.2 Å². The van der Waals surface area contributed by atoms with Gasteiger partial charge in [0.1, 0.15) is 6.61 Å². The number of anilines is 1. The average molecular weight is 528 g/mol. The van der Waals surface area contributed by atoms with Crippen LogP contribution in [-0.2, 0) is 11.1 Å². The van der Waals surface area contributed by atoms with Crippen molar-refractivity contribution in [2.45, 2.75) is 12.2 Å². The second-order valence-electron chi connectivity index (χ2n) is 9.23. The van der Waals surface area contributed by atoms with Crippen LogP contribution in [0.25, 0.3) is 11.1 Å². The average Bonchev–Trinajstić information content (AvgIpc) is 3.20. The van der Waals surface area contributed by atoms with Crippen LogP contribution in [-0.4, -0.2) is 50.8 Å². The smallest absolute Gasteiger partial charge is 0.449 e. The summed E-state index contributed by atoms with van der Waals surface area (Å²) in [5.41, 5.74) is 5.87. The van der Waals surface area contributed by atoms with Gasteiger partial charge in [-0.15, -0.1) is 6.42 Å². The maximum atomic E-state index is 13.0. The van der Waals surface area contributed by atoms with E-state index in [-0.39, 0.29) is 75.6 Å². The number of rotatable bonds is 5. The molecule has 1 amide bonds. The first-order valence-corrected chi connectivity index (χ1v) is 12.0. The van der Waals surface area contributed by atoms with E-state index in [9.17, 15) is 17.7 Å². The van der Waals surface area contributed by atoms with Gasteiger partial charge in [0.15, 0.2) is 0 Å². The molecule has 9 heteroatoms. The quantitative estimate of drug-likeness (QED) is 0.377. The molecule has 1 fully saturated rings. The van der Waals surface area contributed by atoms with Crippen molar-refractivity contribution in [1.29, 1.82) is 0 Å². The molecule has 0 radical (unpaired) electrons. The van der Waals surface area contributed by atoms with E-state index in [1.165, 1.54) is 17.2 Å². The molecule has 1 aliphatic carbocycles. The summed E-state index contributed by atoms with van der Waals surface area (Å²) in [5, 5.41) is 0. The van der Waals surface area contributed by atoms with Gasteiger partial charge in [0.2, 0.25) is 0 Å². The first-order valence-electron chi connectivity index (χ1n) is 12.0. The molecule has 3 aromatic rings. The number of terminal acetylenes is 1. The molecule has 0 saturated carbocycles. The summed E-state index contributed by atoms with van der Waals surface area (Å²) < 4.78 is 44.7. The maximum Gasteiger partial charge on any atom is 1.00 e. The van der Waals surface area contributed by atoms with Gasteiger partial charge in [-0.25, -0.2) is 4.79 Å². The number of hydrogen-bond donors (Lipinski definition) is 0. The summed E-state index contributed by atoms with van der Waals surface area (Å²) in [6, 6.07) is 21.0. The molecule has 0 atom stereocenters. The number of halogens is 3. The van der Waals surface area contributed by atoms with Crippen molar-refractivity contribution < 1.29 is 73.9 Å². The minimum Gasteiger partial charge on any atom is -0.449 e. The van der Waals surface area contributed by atoms with Gasteiger partial charge in [0.25, 0.3) is 0 Å². The largest absolute Gasteiger partial charge is 1.00 e. The van der Waals surface area contributed by atoms with Gasteiger partial charge in [-0.2, -0.15) is 0 Å². The van der Waals surface area contributed by atoms with Crippen molar-refractivity contribution in [3.8, 4) is 23.5 Å². The van der Waals surface area contributed by atoms with Crippen molar-refractivity contribution in [1.82, 2.24) is 4.90 Å². The first-order chi connectivity index (χ1) is 17.3. The van der Waals surface area contributed by atoms with Crippen molar-refractivity contribution in [2.24, 2.45) is 0 Å². The molecular formula is C28H25BF3KN2O2. The molecule has 0 N–H and O–H groups in total. The Balaban J connectivity index is 0.00000320. The number of piperazine rings is 1. The second kappa shape index (κ2) is 11.7. The summed E-state index contributed by atoms with van der Waals surface area (Å²) in [6.07, 6.45) is 4.12. The Labute approximate surface area is 257 Å². The Morgan fingerprint density at radius 3 is 2.11 bits per heavy atom. The zero-order valence-electron chi connectivity index (χ0n) is 20.7. The molecule has 5 rings (SSSR count). The molecule has 0 bridgehead atoms.